The second-order valence-electron chi connectivity index (χ2n) is 0.447. The van der Waals surface area contributed by atoms with E-state index in [1.807, 2.05) is 0 Å². The van der Waals surface area contributed by atoms with Crippen molar-refractivity contribution in [2.45, 2.75) is 0 Å². The predicted molar refractivity (Wildman–Crippen MR) is 31.4 cm³/mol. The third-order valence-electron chi connectivity index (χ3n) is 0. The Morgan fingerprint density at radius 3 is 0.727 bits per heavy atom. The summed E-state index contributed by atoms with van der Waals surface area (Å²) in [5.41, 5.74) is 0. The Bertz CT molecular complexity index is 55.7. The first kappa shape index (κ1) is 60.9. The molecule has 0 spiro atoms. The van der Waals surface area contributed by atoms with Gasteiger partial charge >= 0.3 is 23.1 Å². The van der Waals surface area contributed by atoms with Crippen molar-refractivity contribution < 1.29 is 46.6 Å². The van der Waals surface area contributed by atoms with Crippen molar-refractivity contribution >= 4 is 30.9 Å². The van der Waals surface area contributed by atoms with Crippen molar-refractivity contribution in [3.63, 3.8) is 0 Å². The summed E-state index contributed by atoms with van der Waals surface area (Å²) in [6.07, 6.45) is 0. The first-order valence-corrected chi connectivity index (χ1v) is 2.19. The van der Waals surface area contributed by atoms with Gasteiger partial charge in [0.2, 0.25) is 0 Å². The zero-order chi connectivity index (χ0) is 4.50. The molecule has 0 saturated carbocycles. The molecule has 0 heterocycles. The van der Waals surface area contributed by atoms with Crippen LogP contribution in [0, 0.1) is 0 Å². The van der Waals surface area contributed by atoms with E-state index in [2.05, 4.69) is 0 Å². The van der Waals surface area contributed by atoms with E-state index >= 15 is 0 Å². The van der Waals surface area contributed by atoms with E-state index < -0.39 is 7.82 Å². The molecule has 0 atom stereocenters. The van der Waals surface area contributed by atoms with E-state index in [-0.39, 0.29) is 50.4 Å². The zero-order valence-electron chi connectivity index (χ0n) is 5.29. The van der Waals surface area contributed by atoms with E-state index in [9.17, 15) is 0 Å². The average Bonchev–Trinajstić information content (AvgIpc) is 0.722. The second kappa shape index (κ2) is 22.4. The van der Waals surface area contributed by atoms with Gasteiger partial charge in [-0.2, -0.15) is 7.82 Å². The maximum absolute atomic E-state index is 8.55. The minimum atomic E-state index is -5.39. The molecule has 0 saturated heterocycles. The number of rotatable bonds is 0. The molecule has 0 rings (SSSR count). The molecule has 0 aliphatic rings. The fourth-order valence-electron chi connectivity index (χ4n) is 0. The Labute approximate surface area is 78.0 Å². The normalized spacial score (nSPS) is 5.36. The molecule has 0 amide bonds. The Kier molecular flexibility index (Phi) is 124. The Morgan fingerprint density at radius 1 is 0.727 bits per heavy atom. The molecule has 0 aliphatic heterocycles. The molecular weight excluding hydrogens is 199 g/mol. The smallest absolute Gasteiger partial charge is 0.822 e. The molecule has 0 radical (unpaired) electrons. The van der Waals surface area contributed by atoms with Crippen molar-refractivity contribution in [3.8, 4) is 0 Å². The van der Waals surface area contributed by atoms with E-state index in [4.69, 9.17) is 19.2 Å². The van der Waals surface area contributed by atoms with Crippen LogP contribution in [0.25, 0.3) is 0 Å². The number of hydrogen-bond acceptors (Lipinski definition) is 4. The largest absolute Gasteiger partial charge is 2.00 e. The summed E-state index contributed by atoms with van der Waals surface area (Å²) < 4.78 is 8.55. The summed E-state index contributed by atoms with van der Waals surface area (Å²) >= 11 is 0. The maximum atomic E-state index is 8.55. The average molecular weight is 209 g/mol. The fraction of sp³-hybridized carbons (Fsp3) is 0. The molecule has 0 aromatic heterocycles. The molecule has 0 bridgehead atoms. The van der Waals surface area contributed by atoms with Gasteiger partial charge in [0, 0.05) is 0 Å². The van der Waals surface area contributed by atoms with E-state index in [1.54, 1.807) is 0 Å². The van der Waals surface area contributed by atoms with Gasteiger partial charge in [-0.3, -0.25) is 0 Å². The van der Waals surface area contributed by atoms with Gasteiger partial charge < -0.3 is 46.6 Å². The van der Waals surface area contributed by atoms with Gasteiger partial charge in [0.15, 0.2) is 0 Å². The summed E-state index contributed by atoms with van der Waals surface area (Å²) in [5, 5.41) is 0. The topological polar surface area (TPSA) is 244 Å². The van der Waals surface area contributed by atoms with Gasteiger partial charge in [-0.05, 0) is 0 Å². The molecule has 11 heavy (non-hydrogen) atoms. The molecule has 0 fully saturated rings. The zero-order valence-corrected chi connectivity index (χ0v) is 7.60. The number of hydrogen-bond donors (Lipinski definition) is 0. The van der Waals surface area contributed by atoms with Crippen LogP contribution < -0.4 is 14.7 Å². The van der Waals surface area contributed by atoms with Crippen LogP contribution in [0.5, 0.6) is 0 Å². The van der Waals surface area contributed by atoms with Gasteiger partial charge in [-0.1, -0.05) is 0 Å². The summed E-state index contributed by atoms with van der Waals surface area (Å²) in [6, 6.07) is 0. The third kappa shape index (κ3) is 1760. The van der Waals surface area contributed by atoms with Crippen LogP contribution in [0.4, 0.5) is 0 Å². The Balaban J connectivity index is -0.00000000533. The summed E-state index contributed by atoms with van der Waals surface area (Å²) in [6.45, 7) is 0. The van der Waals surface area contributed by atoms with Crippen molar-refractivity contribution in [1.29, 1.82) is 0 Å². The molecule has 0 aliphatic carbocycles. The van der Waals surface area contributed by atoms with Crippen molar-refractivity contribution in [2.75, 3.05) is 0 Å². The van der Waals surface area contributed by atoms with Crippen molar-refractivity contribution in [1.82, 2.24) is 0 Å². The minimum Gasteiger partial charge on any atom is -0.822 e. The minimum absolute atomic E-state index is 0. The quantitative estimate of drug-likeness (QED) is 0.278. The van der Waals surface area contributed by atoms with Crippen LogP contribution in [0.15, 0.2) is 0 Å². The van der Waals surface area contributed by atoms with E-state index in [0.29, 0.717) is 0 Å². The first-order valence-electron chi connectivity index (χ1n) is 0.730. The summed E-state index contributed by atoms with van der Waals surface area (Å²) in [5.74, 6) is 0. The van der Waals surface area contributed by atoms with Gasteiger partial charge in [0.05, 0.1) is 0 Å². The molecule has 0 aromatic carbocycles. The van der Waals surface area contributed by atoms with Crippen LogP contribution >= 0.6 is 7.82 Å². The summed E-state index contributed by atoms with van der Waals surface area (Å²) in [4.78, 5) is 25.6. The SMILES string of the molecule is O.O.O.O.O.O=P([O-])([O-])[O-].[Mg+2]. The Morgan fingerprint density at radius 2 is 0.727 bits per heavy atom. The predicted octanol–water partition coefficient (Wildman–Crippen LogP) is -7.33. The molecule has 0 unspecified atom stereocenters. The first-order chi connectivity index (χ1) is 2.00. The van der Waals surface area contributed by atoms with E-state index in [1.165, 1.54) is 0 Å². The maximum Gasteiger partial charge on any atom is 2.00 e. The number of phosphoric acid groups is 1. The van der Waals surface area contributed by atoms with Crippen LogP contribution in [-0.4, -0.2) is 50.4 Å². The fourth-order valence-corrected chi connectivity index (χ4v) is 0. The molecular formula is H10MgO9P-. The Hall–Kier alpha value is 0.676. The van der Waals surface area contributed by atoms with E-state index in [0.717, 1.165) is 0 Å². The molecule has 10 N–H and O–H groups in total. The third-order valence-corrected chi connectivity index (χ3v) is 0. The molecule has 11 heteroatoms. The molecule has 72 valence electrons. The molecule has 0 aromatic rings. The van der Waals surface area contributed by atoms with Crippen molar-refractivity contribution in [2.24, 2.45) is 0 Å². The van der Waals surface area contributed by atoms with Crippen LogP contribution in [0.3, 0.4) is 0 Å². The van der Waals surface area contributed by atoms with Gasteiger partial charge in [-0.25, -0.2) is 0 Å². The van der Waals surface area contributed by atoms with Gasteiger partial charge in [0.1, 0.15) is 0 Å². The standard InChI is InChI=1S/Mg.H3O4P.5H2O/c;1-5(2,3)4;;;;;/h;(H3,1,2,3,4);5*1H2/q+2;;;;;;/p-3. The second-order valence-corrected chi connectivity index (χ2v) is 1.34. The monoisotopic (exact) mass is 209 g/mol. The summed E-state index contributed by atoms with van der Waals surface area (Å²) in [7, 11) is -5.39. The van der Waals surface area contributed by atoms with Crippen LogP contribution in [0.1, 0.15) is 0 Å². The molecule has 9 nitrogen and oxygen atoms in total. The van der Waals surface area contributed by atoms with Crippen LogP contribution in [-0.2, 0) is 4.57 Å². The van der Waals surface area contributed by atoms with Crippen LogP contribution in [0.2, 0.25) is 0 Å². The van der Waals surface area contributed by atoms with Crippen molar-refractivity contribution in [3.05, 3.63) is 0 Å². The van der Waals surface area contributed by atoms with Gasteiger partial charge in [-0.15, -0.1) is 0 Å². The van der Waals surface area contributed by atoms with Gasteiger partial charge in [0.25, 0.3) is 0 Å².